The lowest BCUT2D eigenvalue weighted by molar-refractivity contribution is -0.119. The highest BCUT2D eigenvalue weighted by Crippen LogP contribution is 2.42. The second-order valence-corrected chi connectivity index (χ2v) is 9.89. The van der Waals surface area contributed by atoms with E-state index in [-0.39, 0.29) is 6.79 Å². The molecule has 0 bridgehead atoms. The van der Waals surface area contributed by atoms with Crippen LogP contribution >= 0.6 is 34.4 Å². The Bertz CT molecular complexity index is 1130. The molecule has 0 spiro atoms. The molecular formula is C21H22IN5O3S. The summed E-state index contributed by atoms with van der Waals surface area (Å²) in [6.45, 7) is 2.78. The van der Waals surface area contributed by atoms with Crippen molar-refractivity contribution in [3.63, 3.8) is 0 Å². The van der Waals surface area contributed by atoms with Crippen LogP contribution < -0.4 is 15.2 Å². The highest BCUT2D eigenvalue weighted by Gasteiger charge is 2.22. The molecule has 10 heteroatoms. The Balaban J connectivity index is 1.43. The predicted molar refractivity (Wildman–Crippen MR) is 126 cm³/mol. The van der Waals surface area contributed by atoms with Gasteiger partial charge in [0.25, 0.3) is 0 Å². The van der Waals surface area contributed by atoms with Gasteiger partial charge in [-0.3, -0.25) is 4.79 Å². The molecule has 162 valence electrons. The van der Waals surface area contributed by atoms with Crippen molar-refractivity contribution < 1.29 is 14.3 Å². The lowest BCUT2D eigenvalue weighted by Crippen LogP contribution is -2.32. The van der Waals surface area contributed by atoms with E-state index in [1.807, 2.05) is 23.1 Å². The Hall–Kier alpha value is -2.21. The lowest BCUT2D eigenvalue weighted by Gasteiger charge is -2.29. The minimum Gasteiger partial charge on any atom is -0.454 e. The maximum Gasteiger partial charge on any atom is 0.231 e. The Morgan fingerprint density at radius 1 is 1.26 bits per heavy atom. The number of benzene rings is 1. The number of amides is 1. The Kier molecular flexibility index (Phi) is 5.83. The summed E-state index contributed by atoms with van der Waals surface area (Å²) < 4.78 is 14.4. The zero-order valence-corrected chi connectivity index (χ0v) is 19.8. The summed E-state index contributed by atoms with van der Waals surface area (Å²) in [6.07, 6.45) is 5.80. The number of halogens is 1. The van der Waals surface area contributed by atoms with Crippen LogP contribution in [-0.4, -0.2) is 45.7 Å². The molecule has 2 N–H and O–H groups in total. The van der Waals surface area contributed by atoms with Crippen molar-refractivity contribution in [3.05, 3.63) is 28.0 Å². The van der Waals surface area contributed by atoms with Crippen LogP contribution in [0, 0.1) is 9.49 Å². The smallest absolute Gasteiger partial charge is 0.231 e. The maximum atomic E-state index is 11.0. The normalized spacial score (nSPS) is 16.2. The average Bonchev–Trinajstić information content (AvgIpc) is 3.37. The molecule has 0 saturated carbocycles. The van der Waals surface area contributed by atoms with Gasteiger partial charge in [-0.2, -0.15) is 0 Å². The number of imidazole rings is 1. The van der Waals surface area contributed by atoms with Crippen molar-refractivity contribution in [3.8, 4) is 11.5 Å². The van der Waals surface area contributed by atoms with Crippen LogP contribution in [0.5, 0.6) is 11.5 Å². The summed E-state index contributed by atoms with van der Waals surface area (Å²) in [5, 5.41) is 0.886. The monoisotopic (exact) mass is 551 g/mol. The number of likely N-dealkylation sites (tertiary alicyclic amines) is 1. The number of aryl methyl sites for hydroxylation is 1. The standard InChI is InChI=1S/C21H22IN5O3S/c22-14-9-16-17(30-12-29-16)10-18(14)31-21-25-19-15(1-5-24-20(19)23)27(21)8-4-13-2-6-26(11-28)7-3-13/h1,5,9-11,13H,2-4,6-8,12H2,(H2,23,24). The van der Waals surface area contributed by atoms with E-state index < -0.39 is 0 Å². The first-order valence-electron chi connectivity index (χ1n) is 10.2. The van der Waals surface area contributed by atoms with Crippen molar-refractivity contribution in [2.24, 2.45) is 5.92 Å². The quantitative estimate of drug-likeness (QED) is 0.368. The summed E-state index contributed by atoms with van der Waals surface area (Å²) in [5.41, 5.74) is 7.86. The second-order valence-electron chi connectivity index (χ2n) is 7.72. The van der Waals surface area contributed by atoms with Crippen molar-refractivity contribution in [2.45, 2.75) is 35.9 Å². The van der Waals surface area contributed by atoms with Crippen LogP contribution in [0.25, 0.3) is 11.0 Å². The molecule has 0 aliphatic carbocycles. The first-order valence-corrected chi connectivity index (χ1v) is 12.1. The number of carbonyl (C=O) groups is 1. The van der Waals surface area contributed by atoms with E-state index in [4.69, 9.17) is 20.2 Å². The van der Waals surface area contributed by atoms with Gasteiger partial charge in [-0.15, -0.1) is 0 Å². The molecule has 0 unspecified atom stereocenters. The number of nitrogens with zero attached hydrogens (tertiary/aromatic N) is 4. The van der Waals surface area contributed by atoms with Gasteiger partial charge in [0.05, 0.1) is 5.52 Å². The number of hydrogen-bond donors (Lipinski definition) is 1. The number of ether oxygens (including phenoxy) is 2. The van der Waals surface area contributed by atoms with E-state index in [0.29, 0.717) is 11.7 Å². The van der Waals surface area contributed by atoms with Gasteiger partial charge in [0.15, 0.2) is 22.5 Å². The van der Waals surface area contributed by atoms with Crippen molar-refractivity contribution in [1.29, 1.82) is 0 Å². The van der Waals surface area contributed by atoms with Gasteiger partial charge in [0.2, 0.25) is 13.2 Å². The molecule has 1 fully saturated rings. The number of fused-ring (bicyclic) bond motifs is 2. The summed E-state index contributed by atoms with van der Waals surface area (Å²) in [5.74, 6) is 2.57. The van der Waals surface area contributed by atoms with Gasteiger partial charge < -0.3 is 24.7 Å². The van der Waals surface area contributed by atoms with Gasteiger partial charge in [-0.25, -0.2) is 9.97 Å². The molecule has 0 radical (unpaired) electrons. The first kappa shape index (κ1) is 20.7. The van der Waals surface area contributed by atoms with E-state index in [1.54, 1.807) is 18.0 Å². The van der Waals surface area contributed by atoms with Crippen molar-refractivity contribution in [1.82, 2.24) is 19.4 Å². The minimum absolute atomic E-state index is 0.253. The molecule has 4 heterocycles. The Morgan fingerprint density at radius 3 is 2.81 bits per heavy atom. The second kappa shape index (κ2) is 8.73. The number of pyridine rings is 1. The van der Waals surface area contributed by atoms with Gasteiger partial charge in [0, 0.05) is 34.3 Å². The average molecular weight is 551 g/mol. The number of rotatable bonds is 6. The number of piperidine rings is 1. The van der Waals surface area contributed by atoms with E-state index in [0.717, 1.165) is 81.5 Å². The molecule has 2 aliphatic rings. The molecule has 2 aliphatic heterocycles. The molecule has 1 amide bonds. The van der Waals surface area contributed by atoms with Gasteiger partial charge >= 0.3 is 0 Å². The zero-order valence-electron chi connectivity index (χ0n) is 16.8. The fraction of sp³-hybridized carbons (Fsp3) is 0.381. The van der Waals surface area contributed by atoms with Crippen LogP contribution in [0.3, 0.4) is 0 Å². The van der Waals surface area contributed by atoms with Gasteiger partial charge in [-0.1, -0.05) is 11.8 Å². The number of carbonyl (C=O) groups excluding carboxylic acids is 1. The molecular weight excluding hydrogens is 529 g/mol. The van der Waals surface area contributed by atoms with E-state index >= 15 is 0 Å². The molecule has 1 aromatic carbocycles. The minimum atomic E-state index is 0.253. The zero-order chi connectivity index (χ0) is 21.4. The molecule has 5 rings (SSSR count). The summed E-state index contributed by atoms with van der Waals surface area (Å²) >= 11 is 3.92. The Morgan fingerprint density at radius 2 is 2.03 bits per heavy atom. The topological polar surface area (TPSA) is 95.5 Å². The summed E-state index contributed by atoms with van der Waals surface area (Å²) in [6, 6.07) is 5.98. The third-order valence-corrected chi connectivity index (χ3v) is 8.16. The highest BCUT2D eigenvalue weighted by atomic mass is 127. The molecule has 0 atom stereocenters. The maximum absolute atomic E-state index is 11.0. The number of aromatic nitrogens is 3. The summed E-state index contributed by atoms with van der Waals surface area (Å²) in [7, 11) is 0. The number of hydrogen-bond acceptors (Lipinski definition) is 7. The lowest BCUT2D eigenvalue weighted by atomic mass is 9.94. The largest absolute Gasteiger partial charge is 0.454 e. The van der Waals surface area contributed by atoms with Crippen LogP contribution in [0.1, 0.15) is 19.3 Å². The molecule has 1 saturated heterocycles. The SMILES string of the molecule is Nc1nccc2c1nc(Sc1cc3c(cc1I)OCO3)n2CCC1CCN(C=O)CC1. The van der Waals surface area contributed by atoms with E-state index in [9.17, 15) is 4.79 Å². The molecule has 31 heavy (non-hydrogen) atoms. The molecule has 8 nitrogen and oxygen atoms in total. The van der Waals surface area contributed by atoms with Crippen molar-refractivity contribution in [2.75, 3.05) is 25.6 Å². The Labute approximate surface area is 197 Å². The van der Waals surface area contributed by atoms with Crippen LogP contribution in [0.2, 0.25) is 0 Å². The highest BCUT2D eigenvalue weighted by molar-refractivity contribution is 14.1. The molecule has 2 aromatic heterocycles. The third kappa shape index (κ3) is 4.14. The summed E-state index contributed by atoms with van der Waals surface area (Å²) in [4.78, 5) is 23.0. The van der Waals surface area contributed by atoms with Crippen LogP contribution in [-0.2, 0) is 11.3 Å². The van der Waals surface area contributed by atoms with Crippen LogP contribution in [0.4, 0.5) is 5.82 Å². The molecule has 3 aromatic rings. The van der Waals surface area contributed by atoms with Crippen molar-refractivity contribution >= 4 is 57.6 Å². The first-order chi connectivity index (χ1) is 15.1. The van der Waals surface area contributed by atoms with Crippen LogP contribution in [0.15, 0.2) is 34.4 Å². The van der Waals surface area contributed by atoms with Gasteiger partial charge in [-0.05, 0) is 66.0 Å². The predicted octanol–water partition coefficient (Wildman–Crippen LogP) is 3.76. The number of nitrogen functional groups attached to an aromatic ring is 1. The fourth-order valence-corrected chi connectivity index (χ4v) is 5.80. The number of nitrogens with two attached hydrogens (primary N) is 1. The van der Waals surface area contributed by atoms with E-state index in [2.05, 4.69) is 32.1 Å². The number of anilines is 1. The third-order valence-electron chi connectivity index (χ3n) is 5.85. The fourth-order valence-electron chi connectivity index (χ4n) is 4.08. The van der Waals surface area contributed by atoms with E-state index in [1.165, 1.54) is 0 Å². The van der Waals surface area contributed by atoms with Gasteiger partial charge in [0.1, 0.15) is 5.52 Å².